The van der Waals surface area contributed by atoms with Gasteiger partial charge in [0.25, 0.3) is 0 Å². The number of aliphatic hydroxyl groups is 1. The van der Waals surface area contributed by atoms with Gasteiger partial charge in [-0.1, -0.05) is 13.3 Å². The number of rotatable bonds is 7. The Morgan fingerprint density at radius 2 is 2.22 bits per heavy atom. The summed E-state index contributed by atoms with van der Waals surface area (Å²) < 4.78 is 0. The number of hydrogen-bond donors (Lipinski definition) is 1. The molecule has 4 nitrogen and oxygen atoms in total. The van der Waals surface area contributed by atoms with Crippen molar-refractivity contribution in [3.8, 4) is 0 Å². The van der Waals surface area contributed by atoms with Crippen LogP contribution in [0.1, 0.15) is 44.7 Å². The number of aliphatic hydroxyl groups excluding tert-OH is 1. The summed E-state index contributed by atoms with van der Waals surface area (Å²) in [6.07, 6.45) is 8.41. The Balaban J connectivity index is 2.10. The van der Waals surface area contributed by atoms with Crippen LogP contribution in [-0.4, -0.2) is 34.3 Å². The number of hydrogen-bond acceptors (Lipinski definition) is 4. The lowest BCUT2D eigenvalue weighted by atomic mass is 9.91. The topological polar surface area (TPSA) is 49.2 Å². The highest BCUT2D eigenvalue weighted by molar-refractivity contribution is 5.41. The normalized spacial score (nSPS) is 15.4. The molecule has 0 aliphatic heterocycles. The van der Waals surface area contributed by atoms with Crippen LogP contribution in [0.25, 0.3) is 0 Å². The highest BCUT2D eigenvalue weighted by Gasteiger charge is 2.25. The summed E-state index contributed by atoms with van der Waals surface area (Å²) >= 11 is 0. The first-order chi connectivity index (χ1) is 8.85. The van der Waals surface area contributed by atoms with Crippen LogP contribution in [0.4, 0.5) is 5.82 Å². The molecule has 0 spiro atoms. The molecular formula is C14H23N3O. The van der Waals surface area contributed by atoms with Crippen LogP contribution in [0.2, 0.25) is 0 Å². The third-order valence-corrected chi connectivity index (χ3v) is 3.58. The van der Waals surface area contributed by atoms with Gasteiger partial charge in [0.2, 0.25) is 0 Å². The van der Waals surface area contributed by atoms with Gasteiger partial charge >= 0.3 is 0 Å². The molecule has 0 amide bonds. The SMILES string of the molecule is CCCc1cc(N(CCCO)C2CCC2)ncn1. The molecule has 1 heterocycles. The summed E-state index contributed by atoms with van der Waals surface area (Å²) in [6.45, 7) is 3.30. The van der Waals surface area contributed by atoms with Crippen LogP contribution in [-0.2, 0) is 6.42 Å². The predicted molar refractivity (Wildman–Crippen MR) is 72.7 cm³/mol. The minimum atomic E-state index is 0.246. The number of nitrogens with zero attached hydrogens (tertiary/aromatic N) is 3. The Labute approximate surface area is 109 Å². The van der Waals surface area contributed by atoms with Crippen LogP contribution in [0.3, 0.4) is 0 Å². The van der Waals surface area contributed by atoms with Crippen molar-refractivity contribution in [1.29, 1.82) is 0 Å². The van der Waals surface area contributed by atoms with Gasteiger partial charge in [-0.25, -0.2) is 9.97 Å². The first-order valence-corrected chi connectivity index (χ1v) is 7.03. The average Bonchev–Trinajstić information content (AvgIpc) is 2.33. The summed E-state index contributed by atoms with van der Waals surface area (Å²) in [4.78, 5) is 11.1. The fraction of sp³-hybridized carbons (Fsp3) is 0.714. The van der Waals surface area contributed by atoms with Crippen molar-refractivity contribution in [1.82, 2.24) is 9.97 Å². The zero-order valence-electron chi connectivity index (χ0n) is 11.2. The van der Waals surface area contributed by atoms with Crippen molar-refractivity contribution in [3.05, 3.63) is 18.1 Å². The second kappa shape index (κ2) is 6.69. The van der Waals surface area contributed by atoms with Crippen molar-refractivity contribution < 1.29 is 5.11 Å². The third kappa shape index (κ3) is 3.19. The fourth-order valence-corrected chi connectivity index (χ4v) is 2.36. The number of aryl methyl sites for hydroxylation is 1. The second-order valence-corrected chi connectivity index (χ2v) is 4.97. The molecule has 18 heavy (non-hydrogen) atoms. The molecule has 0 saturated heterocycles. The van der Waals surface area contributed by atoms with Gasteiger partial charge in [0.15, 0.2) is 0 Å². The van der Waals surface area contributed by atoms with Gasteiger partial charge in [-0.3, -0.25) is 0 Å². The van der Waals surface area contributed by atoms with E-state index in [2.05, 4.69) is 27.9 Å². The number of anilines is 1. The Kier molecular flexibility index (Phi) is 4.93. The monoisotopic (exact) mass is 249 g/mol. The molecule has 1 aromatic rings. The first-order valence-electron chi connectivity index (χ1n) is 7.03. The molecule has 1 aliphatic carbocycles. The van der Waals surface area contributed by atoms with E-state index in [4.69, 9.17) is 5.11 Å². The van der Waals surface area contributed by atoms with E-state index in [1.165, 1.54) is 19.3 Å². The zero-order chi connectivity index (χ0) is 12.8. The number of aromatic nitrogens is 2. The van der Waals surface area contributed by atoms with Gasteiger partial charge < -0.3 is 10.0 Å². The molecule has 1 saturated carbocycles. The van der Waals surface area contributed by atoms with E-state index in [0.717, 1.165) is 37.3 Å². The minimum Gasteiger partial charge on any atom is -0.396 e. The molecule has 1 fully saturated rings. The van der Waals surface area contributed by atoms with Crippen LogP contribution >= 0.6 is 0 Å². The fourth-order valence-electron chi connectivity index (χ4n) is 2.36. The van der Waals surface area contributed by atoms with E-state index >= 15 is 0 Å². The van der Waals surface area contributed by atoms with Crippen LogP contribution in [0.15, 0.2) is 12.4 Å². The Hall–Kier alpha value is -1.16. The van der Waals surface area contributed by atoms with Crippen molar-refractivity contribution in [2.45, 2.75) is 51.5 Å². The maximum atomic E-state index is 9.01. The van der Waals surface area contributed by atoms with Gasteiger partial charge in [-0.2, -0.15) is 0 Å². The Morgan fingerprint density at radius 1 is 1.39 bits per heavy atom. The van der Waals surface area contributed by atoms with E-state index in [9.17, 15) is 0 Å². The molecule has 100 valence electrons. The maximum Gasteiger partial charge on any atom is 0.132 e. The van der Waals surface area contributed by atoms with E-state index in [1.807, 2.05) is 0 Å². The molecule has 1 N–H and O–H groups in total. The van der Waals surface area contributed by atoms with Crippen molar-refractivity contribution in [3.63, 3.8) is 0 Å². The lowest BCUT2D eigenvalue weighted by Gasteiger charge is -2.38. The molecule has 1 aromatic heterocycles. The molecule has 4 heteroatoms. The highest BCUT2D eigenvalue weighted by Crippen LogP contribution is 2.28. The van der Waals surface area contributed by atoms with Crippen molar-refractivity contribution in [2.24, 2.45) is 0 Å². The van der Waals surface area contributed by atoms with E-state index in [0.29, 0.717) is 6.04 Å². The molecule has 0 radical (unpaired) electrons. The molecule has 0 unspecified atom stereocenters. The van der Waals surface area contributed by atoms with Gasteiger partial charge in [0, 0.05) is 31.0 Å². The van der Waals surface area contributed by atoms with E-state index in [-0.39, 0.29) is 6.61 Å². The molecule has 1 aliphatic rings. The van der Waals surface area contributed by atoms with Gasteiger partial charge in [0.1, 0.15) is 12.1 Å². The van der Waals surface area contributed by atoms with Crippen LogP contribution in [0.5, 0.6) is 0 Å². The molecule has 0 atom stereocenters. The van der Waals surface area contributed by atoms with Gasteiger partial charge in [-0.05, 0) is 32.1 Å². The molecule has 2 rings (SSSR count). The second-order valence-electron chi connectivity index (χ2n) is 4.97. The zero-order valence-corrected chi connectivity index (χ0v) is 11.2. The summed E-state index contributed by atoms with van der Waals surface area (Å²) in [5, 5.41) is 9.01. The van der Waals surface area contributed by atoms with Gasteiger partial charge in [-0.15, -0.1) is 0 Å². The summed E-state index contributed by atoms with van der Waals surface area (Å²) in [5.41, 5.74) is 1.12. The summed E-state index contributed by atoms with van der Waals surface area (Å²) in [5.74, 6) is 1.03. The summed E-state index contributed by atoms with van der Waals surface area (Å²) in [7, 11) is 0. The first kappa shape index (κ1) is 13.3. The van der Waals surface area contributed by atoms with Crippen molar-refractivity contribution >= 4 is 5.82 Å². The Morgan fingerprint density at radius 3 is 2.83 bits per heavy atom. The minimum absolute atomic E-state index is 0.246. The average molecular weight is 249 g/mol. The quantitative estimate of drug-likeness (QED) is 0.804. The highest BCUT2D eigenvalue weighted by atomic mass is 16.3. The Bertz CT molecular complexity index is 366. The predicted octanol–water partition coefficient (Wildman–Crippen LogP) is 2.17. The molecule has 0 bridgehead atoms. The standard InChI is InChI=1S/C14H23N3O/c1-2-5-12-10-14(16-11-15-12)17(8-4-9-18)13-6-3-7-13/h10-11,13,18H,2-9H2,1H3. The van der Waals surface area contributed by atoms with Crippen LogP contribution < -0.4 is 4.90 Å². The lowest BCUT2D eigenvalue weighted by molar-refractivity contribution is 0.282. The molecule has 0 aromatic carbocycles. The molecular weight excluding hydrogens is 226 g/mol. The lowest BCUT2D eigenvalue weighted by Crippen LogP contribution is -2.41. The maximum absolute atomic E-state index is 9.01. The largest absolute Gasteiger partial charge is 0.396 e. The smallest absolute Gasteiger partial charge is 0.132 e. The summed E-state index contributed by atoms with van der Waals surface area (Å²) in [6, 6.07) is 2.72. The van der Waals surface area contributed by atoms with Gasteiger partial charge in [0.05, 0.1) is 0 Å². The van der Waals surface area contributed by atoms with Crippen LogP contribution in [0, 0.1) is 0 Å². The van der Waals surface area contributed by atoms with Crippen molar-refractivity contribution in [2.75, 3.05) is 18.1 Å². The third-order valence-electron chi connectivity index (χ3n) is 3.58. The van der Waals surface area contributed by atoms with E-state index < -0.39 is 0 Å². The van der Waals surface area contributed by atoms with E-state index in [1.54, 1.807) is 6.33 Å².